The molecule has 1 heterocycles. The molecule has 1 aromatic heterocycles. The van der Waals surface area contributed by atoms with Crippen LogP contribution in [0, 0.1) is 0 Å². The number of rotatable bonds is 6. The van der Waals surface area contributed by atoms with E-state index >= 15 is 0 Å². The molecule has 8 nitrogen and oxygen atoms in total. The summed E-state index contributed by atoms with van der Waals surface area (Å²) in [5, 5.41) is 2.52. The smallest absolute Gasteiger partial charge is 0.408 e. The van der Waals surface area contributed by atoms with Gasteiger partial charge in [-0.05, 0) is 40.0 Å². The number of nitrogens with zero attached hydrogens (tertiary/aromatic N) is 2. The molecule has 23 heavy (non-hydrogen) atoms. The molecule has 1 atom stereocenters. The van der Waals surface area contributed by atoms with Crippen LogP contribution in [0.15, 0.2) is 12.4 Å². The zero-order valence-corrected chi connectivity index (χ0v) is 14.0. The zero-order valence-electron chi connectivity index (χ0n) is 14.0. The van der Waals surface area contributed by atoms with Crippen LogP contribution < -0.4 is 11.1 Å². The first-order chi connectivity index (χ1) is 10.7. The molecule has 0 spiro atoms. The van der Waals surface area contributed by atoms with E-state index in [-0.39, 0.29) is 0 Å². The summed E-state index contributed by atoms with van der Waals surface area (Å²) in [6, 6.07) is -0.784. The molecule has 0 aliphatic carbocycles. The third-order valence-electron chi connectivity index (χ3n) is 2.89. The highest BCUT2D eigenvalue weighted by molar-refractivity contribution is 5.81. The Labute approximate surface area is 135 Å². The predicted molar refractivity (Wildman–Crippen MR) is 84.6 cm³/mol. The molecule has 0 aliphatic heterocycles. The average Bonchev–Trinajstić information content (AvgIpc) is 2.45. The molecule has 1 amide bonds. The molecule has 1 rings (SSSR count). The van der Waals surface area contributed by atoms with Crippen molar-refractivity contribution in [2.75, 3.05) is 12.8 Å². The summed E-state index contributed by atoms with van der Waals surface area (Å²) in [6.07, 6.45) is 3.92. The average molecular weight is 324 g/mol. The maximum atomic E-state index is 11.8. The SMILES string of the molecule is COC(=O)[C@H](CCCc1nccnc1N)NC(=O)OC(C)(C)C. The highest BCUT2D eigenvalue weighted by Crippen LogP contribution is 2.11. The number of hydrogen-bond acceptors (Lipinski definition) is 7. The van der Waals surface area contributed by atoms with Gasteiger partial charge in [0.05, 0.1) is 12.8 Å². The molecule has 0 bridgehead atoms. The Kier molecular flexibility index (Phi) is 6.74. The van der Waals surface area contributed by atoms with E-state index in [9.17, 15) is 9.59 Å². The minimum atomic E-state index is -0.784. The number of nitrogens with two attached hydrogens (primary N) is 1. The largest absolute Gasteiger partial charge is 0.467 e. The number of aryl methyl sites for hydroxylation is 1. The van der Waals surface area contributed by atoms with Crippen LogP contribution in [0.4, 0.5) is 10.6 Å². The monoisotopic (exact) mass is 324 g/mol. The first-order valence-electron chi connectivity index (χ1n) is 7.35. The number of amides is 1. The number of ether oxygens (including phenoxy) is 2. The molecular weight excluding hydrogens is 300 g/mol. The van der Waals surface area contributed by atoms with Gasteiger partial charge in [-0.2, -0.15) is 0 Å². The quantitative estimate of drug-likeness (QED) is 0.760. The van der Waals surface area contributed by atoms with Crippen LogP contribution in [-0.2, 0) is 20.7 Å². The number of methoxy groups -OCH3 is 1. The van der Waals surface area contributed by atoms with Gasteiger partial charge in [-0.25, -0.2) is 14.6 Å². The Hall–Kier alpha value is -2.38. The van der Waals surface area contributed by atoms with Crippen molar-refractivity contribution in [2.45, 2.75) is 51.7 Å². The van der Waals surface area contributed by atoms with E-state index in [1.54, 1.807) is 27.0 Å². The van der Waals surface area contributed by atoms with Gasteiger partial charge in [0.15, 0.2) is 0 Å². The van der Waals surface area contributed by atoms with Crippen LogP contribution >= 0.6 is 0 Å². The standard InChI is InChI=1S/C15H24N4O4/c1-15(2,3)23-14(21)19-11(13(20)22-4)7-5-6-10-12(16)18-9-8-17-10/h8-9,11H,5-7H2,1-4H3,(H2,16,18)(H,19,21)/t11-/m0/s1. The Balaban J connectivity index is 2.57. The van der Waals surface area contributed by atoms with Crippen LogP contribution in [0.1, 0.15) is 39.3 Å². The van der Waals surface area contributed by atoms with Crippen molar-refractivity contribution in [2.24, 2.45) is 0 Å². The molecule has 8 heteroatoms. The summed E-state index contributed by atoms with van der Waals surface area (Å²) >= 11 is 0. The molecule has 0 unspecified atom stereocenters. The van der Waals surface area contributed by atoms with E-state index in [2.05, 4.69) is 15.3 Å². The fourth-order valence-electron chi connectivity index (χ4n) is 1.88. The number of nitrogen functional groups attached to an aromatic ring is 1. The van der Waals surface area contributed by atoms with E-state index in [1.165, 1.54) is 13.3 Å². The Morgan fingerprint density at radius 1 is 1.30 bits per heavy atom. The van der Waals surface area contributed by atoms with E-state index in [0.717, 1.165) is 0 Å². The van der Waals surface area contributed by atoms with Gasteiger partial charge in [0.25, 0.3) is 0 Å². The number of carbonyl (C=O) groups excluding carboxylic acids is 2. The molecule has 0 saturated carbocycles. The van der Waals surface area contributed by atoms with Crippen molar-refractivity contribution in [1.82, 2.24) is 15.3 Å². The van der Waals surface area contributed by atoms with Gasteiger partial charge in [0, 0.05) is 12.4 Å². The number of aromatic nitrogens is 2. The summed E-state index contributed by atoms with van der Waals surface area (Å²) in [5.74, 6) is -0.162. The maximum Gasteiger partial charge on any atom is 0.408 e. The lowest BCUT2D eigenvalue weighted by Crippen LogP contribution is -2.44. The summed E-state index contributed by atoms with van der Waals surface area (Å²) in [6.45, 7) is 5.24. The molecule has 0 aliphatic rings. The number of anilines is 1. The Morgan fingerprint density at radius 3 is 2.52 bits per heavy atom. The number of alkyl carbamates (subject to hydrolysis) is 1. The number of esters is 1. The molecular formula is C15H24N4O4. The van der Waals surface area contributed by atoms with Crippen LogP contribution in [0.2, 0.25) is 0 Å². The van der Waals surface area contributed by atoms with Gasteiger partial charge in [0.2, 0.25) is 0 Å². The van der Waals surface area contributed by atoms with Crippen molar-refractivity contribution in [3.63, 3.8) is 0 Å². The third kappa shape index (κ3) is 6.94. The van der Waals surface area contributed by atoms with Gasteiger partial charge in [-0.1, -0.05) is 0 Å². The van der Waals surface area contributed by atoms with E-state index in [0.29, 0.717) is 30.8 Å². The lowest BCUT2D eigenvalue weighted by atomic mass is 10.1. The van der Waals surface area contributed by atoms with Gasteiger partial charge in [-0.3, -0.25) is 4.98 Å². The molecule has 1 aromatic rings. The Bertz CT molecular complexity index is 543. The lowest BCUT2D eigenvalue weighted by Gasteiger charge is -2.22. The fraction of sp³-hybridized carbons (Fsp3) is 0.600. The first-order valence-corrected chi connectivity index (χ1v) is 7.35. The molecule has 0 radical (unpaired) electrons. The lowest BCUT2D eigenvalue weighted by molar-refractivity contribution is -0.143. The van der Waals surface area contributed by atoms with Crippen molar-refractivity contribution >= 4 is 17.9 Å². The van der Waals surface area contributed by atoms with Gasteiger partial charge < -0.3 is 20.5 Å². The summed E-state index contributed by atoms with van der Waals surface area (Å²) < 4.78 is 9.85. The van der Waals surface area contributed by atoms with Gasteiger partial charge in [0.1, 0.15) is 17.5 Å². The second kappa shape index (κ2) is 8.30. The first kappa shape index (κ1) is 18.7. The summed E-state index contributed by atoms with van der Waals surface area (Å²) in [7, 11) is 1.27. The molecule has 0 aromatic carbocycles. The highest BCUT2D eigenvalue weighted by atomic mass is 16.6. The van der Waals surface area contributed by atoms with Crippen molar-refractivity contribution < 1.29 is 19.1 Å². The topological polar surface area (TPSA) is 116 Å². The maximum absolute atomic E-state index is 11.8. The number of carbonyl (C=O) groups is 2. The minimum Gasteiger partial charge on any atom is -0.467 e. The highest BCUT2D eigenvalue weighted by Gasteiger charge is 2.24. The number of hydrogen-bond donors (Lipinski definition) is 2. The number of nitrogens with one attached hydrogen (secondary N) is 1. The fourth-order valence-corrected chi connectivity index (χ4v) is 1.88. The van der Waals surface area contributed by atoms with Crippen LogP contribution in [0.5, 0.6) is 0 Å². The van der Waals surface area contributed by atoms with Crippen LogP contribution in [0.3, 0.4) is 0 Å². The van der Waals surface area contributed by atoms with E-state index < -0.39 is 23.7 Å². The predicted octanol–water partition coefficient (Wildman–Crippen LogP) is 1.45. The Morgan fingerprint density at radius 2 is 1.96 bits per heavy atom. The van der Waals surface area contributed by atoms with Crippen LogP contribution in [-0.4, -0.2) is 40.8 Å². The van der Waals surface area contributed by atoms with Crippen molar-refractivity contribution in [3.8, 4) is 0 Å². The summed E-state index contributed by atoms with van der Waals surface area (Å²) in [5.41, 5.74) is 5.74. The molecule has 3 N–H and O–H groups in total. The zero-order chi connectivity index (χ0) is 17.5. The van der Waals surface area contributed by atoms with Crippen molar-refractivity contribution in [1.29, 1.82) is 0 Å². The third-order valence-corrected chi connectivity index (χ3v) is 2.89. The molecule has 0 saturated heterocycles. The van der Waals surface area contributed by atoms with Crippen LogP contribution in [0.25, 0.3) is 0 Å². The molecule has 0 fully saturated rings. The van der Waals surface area contributed by atoms with E-state index in [4.69, 9.17) is 15.2 Å². The second-order valence-corrected chi connectivity index (χ2v) is 6.00. The van der Waals surface area contributed by atoms with Gasteiger partial charge in [-0.15, -0.1) is 0 Å². The van der Waals surface area contributed by atoms with E-state index in [1.807, 2.05) is 0 Å². The second-order valence-electron chi connectivity index (χ2n) is 6.00. The van der Waals surface area contributed by atoms with Gasteiger partial charge >= 0.3 is 12.1 Å². The normalized spacial score (nSPS) is 12.3. The molecule has 128 valence electrons. The minimum absolute atomic E-state index is 0.363. The summed E-state index contributed by atoms with van der Waals surface area (Å²) in [4.78, 5) is 31.7. The van der Waals surface area contributed by atoms with Crippen molar-refractivity contribution in [3.05, 3.63) is 18.1 Å².